The number of carbonyl (C=O) groups is 1. The lowest BCUT2D eigenvalue weighted by atomic mass is 10.0. The lowest BCUT2D eigenvalue weighted by molar-refractivity contribution is -0.697. The van der Waals surface area contributed by atoms with E-state index in [2.05, 4.69) is 5.32 Å². The van der Waals surface area contributed by atoms with Crippen molar-refractivity contribution < 1.29 is 28.0 Å². The van der Waals surface area contributed by atoms with Crippen LogP contribution in [0, 0.1) is 0 Å². The van der Waals surface area contributed by atoms with Crippen molar-refractivity contribution in [3.8, 4) is 5.75 Å². The predicted octanol–water partition coefficient (Wildman–Crippen LogP) is 4.81. The van der Waals surface area contributed by atoms with Crippen LogP contribution in [0.4, 0.5) is 18.9 Å². The average Bonchev–Trinajstić information content (AvgIpc) is 2.75. The minimum absolute atomic E-state index is 0.0606. The molecule has 0 unspecified atom stereocenters. The number of halogens is 4. The van der Waals surface area contributed by atoms with Crippen LogP contribution in [-0.4, -0.2) is 13.0 Å². The molecule has 0 bridgehead atoms. The predicted molar refractivity (Wildman–Crippen MR) is 113 cm³/mol. The van der Waals surface area contributed by atoms with Crippen LogP contribution in [0.25, 0.3) is 0 Å². The molecular formula is C23H21ClF3N2O2+. The molecule has 0 aliphatic heterocycles. The third-order valence-electron chi connectivity index (χ3n) is 4.71. The van der Waals surface area contributed by atoms with E-state index in [-0.39, 0.29) is 10.7 Å². The van der Waals surface area contributed by atoms with Gasteiger partial charge in [-0.3, -0.25) is 4.79 Å². The van der Waals surface area contributed by atoms with Crippen LogP contribution in [0.15, 0.2) is 72.8 Å². The van der Waals surface area contributed by atoms with Crippen molar-refractivity contribution in [2.45, 2.75) is 18.8 Å². The second-order valence-corrected chi connectivity index (χ2v) is 7.29. The molecule has 1 amide bonds. The zero-order valence-electron chi connectivity index (χ0n) is 16.6. The van der Waals surface area contributed by atoms with E-state index in [4.69, 9.17) is 16.3 Å². The van der Waals surface area contributed by atoms with Crippen molar-refractivity contribution in [2.75, 3.05) is 12.4 Å². The lowest BCUT2D eigenvalue weighted by Gasteiger charge is -2.19. The first-order valence-corrected chi connectivity index (χ1v) is 9.84. The topological polar surface area (TPSA) is 54.9 Å². The zero-order valence-corrected chi connectivity index (χ0v) is 17.4. The summed E-state index contributed by atoms with van der Waals surface area (Å²) in [4.78, 5) is 13.1. The molecule has 0 aliphatic carbocycles. The van der Waals surface area contributed by atoms with Gasteiger partial charge in [-0.25, -0.2) is 0 Å². The van der Waals surface area contributed by atoms with Crippen molar-refractivity contribution in [2.24, 2.45) is 0 Å². The Morgan fingerprint density at radius 1 is 1.06 bits per heavy atom. The van der Waals surface area contributed by atoms with Crippen molar-refractivity contribution in [1.82, 2.24) is 0 Å². The number of amides is 1. The number of anilines is 1. The van der Waals surface area contributed by atoms with Gasteiger partial charge in [-0.1, -0.05) is 54.1 Å². The molecule has 0 aliphatic rings. The van der Waals surface area contributed by atoms with E-state index in [1.807, 2.05) is 30.3 Å². The third-order valence-corrected chi connectivity index (χ3v) is 4.94. The normalized spacial score (nSPS) is 12.3. The van der Waals surface area contributed by atoms with Gasteiger partial charge in [0.25, 0.3) is 5.91 Å². The highest BCUT2D eigenvalue weighted by Crippen LogP contribution is 2.36. The Bertz CT molecular complexity index is 1040. The van der Waals surface area contributed by atoms with E-state index < -0.39 is 23.7 Å². The lowest BCUT2D eigenvalue weighted by Crippen LogP contribution is -2.85. The first kappa shape index (κ1) is 22.7. The van der Waals surface area contributed by atoms with E-state index >= 15 is 0 Å². The Hall–Kier alpha value is -3.03. The number of quaternary nitrogens is 1. The summed E-state index contributed by atoms with van der Waals surface area (Å²) in [5.74, 6) is 0.115. The van der Waals surface area contributed by atoms with Gasteiger partial charge in [0.05, 0.1) is 18.4 Å². The van der Waals surface area contributed by atoms with Gasteiger partial charge in [0, 0.05) is 16.1 Å². The number of benzene rings is 3. The van der Waals surface area contributed by atoms with Crippen molar-refractivity contribution in [1.29, 1.82) is 0 Å². The maximum absolute atomic E-state index is 13.4. The standard InChI is InChI=1S/C23H20ClF3N2O2/c1-31-18-9-5-6-15(12-18)14-28-21(16-7-3-2-4-8-16)22(30)29-20-11-10-17(24)13-19(20)23(25,26)27/h2-13,21,28H,14H2,1H3,(H,29,30)/p+1/t21-/m1/s1. The van der Waals surface area contributed by atoms with Crippen LogP contribution in [0.2, 0.25) is 5.02 Å². The highest BCUT2D eigenvalue weighted by Gasteiger charge is 2.35. The number of hydrogen-bond donors (Lipinski definition) is 2. The van der Waals surface area contributed by atoms with Gasteiger partial charge in [-0.15, -0.1) is 0 Å². The fraction of sp³-hybridized carbons (Fsp3) is 0.174. The van der Waals surface area contributed by atoms with Crippen LogP contribution >= 0.6 is 11.6 Å². The average molecular weight is 450 g/mol. The molecule has 3 N–H and O–H groups in total. The van der Waals surface area contributed by atoms with E-state index in [9.17, 15) is 18.0 Å². The highest BCUT2D eigenvalue weighted by molar-refractivity contribution is 6.30. The Balaban J connectivity index is 1.85. The number of nitrogens with one attached hydrogen (secondary N) is 1. The second kappa shape index (κ2) is 9.85. The van der Waals surface area contributed by atoms with Crippen LogP contribution in [-0.2, 0) is 17.5 Å². The van der Waals surface area contributed by atoms with Gasteiger partial charge in [-0.2, -0.15) is 13.2 Å². The van der Waals surface area contributed by atoms with Crippen LogP contribution in [0.3, 0.4) is 0 Å². The Morgan fingerprint density at radius 3 is 2.48 bits per heavy atom. The molecule has 0 fully saturated rings. The summed E-state index contributed by atoms with van der Waals surface area (Å²) in [7, 11) is 1.56. The van der Waals surface area contributed by atoms with Gasteiger partial charge in [0.2, 0.25) is 0 Å². The van der Waals surface area contributed by atoms with Crippen LogP contribution in [0.5, 0.6) is 5.75 Å². The summed E-state index contributed by atoms with van der Waals surface area (Å²) in [6.07, 6.45) is -4.65. The van der Waals surface area contributed by atoms with Crippen molar-refractivity contribution in [3.05, 3.63) is 94.5 Å². The molecule has 3 rings (SSSR count). The number of carbonyl (C=O) groups excluding carboxylic acids is 1. The molecule has 3 aromatic carbocycles. The summed E-state index contributed by atoms with van der Waals surface area (Å²) in [5.41, 5.74) is 0.256. The highest BCUT2D eigenvalue weighted by atomic mass is 35.5. The van der Waals surface area contributed by atoms with Gasteiger partial charge < -0.3 is 15.4 Å². The molecule has 0 spiro atoms. The fourth-order valence-electron chi connectivity index (χ4n) is 3.18. The van der Waals surface area contributed by atoms with Crippen molar-refractivity contribution in [3.63, 3.8) is 0 Å². The number of rotatable bonds is 7. The summed E-state index contributed by atoms with van der Waals surface area (Å²) >= 11 is 5.73. The molecule has 1 atom stereocenters. The maximum Gasteiger partial charge on any atom is 0.418 e. The fourth-order valence-corrected chi connectivity index (χ4v) is 3.35. The molecule has 31 heavy (non-hydrogen) atoms. The quantitative estimate of drug-likeness (QED) is 0.544. The molecule has 0 saturated carbocycles. The minimum atomic E-state index is -4.65. The molecule has 162 valence electrons. The molecule has 0 heterocycles. The third kappa shape index (κ3) is 5.99. The van der Waals surface area contributed by atoms with Gasteiger partial charge in [0.15, 0.2) is 6.04 Å². The minimum Gasteiger partial charge on any atom is -0.497 e. The van der Waals surface area contributed by atoms with Crippen molar-refractivity contribution >= 4 is 23.2 Å². The number of methoxy groups -OCH3 is 1. The second-order valence-electron chi connectivity index (χ2n) is 6.86. The van der Waals surface area contributed by atoms with E-state index in [0.29, 0.717) is 17.9 Å². The summed E-state index contributed by atoms with van der Waals surface area (Å²) < 4.78 is 45.5. The Morgan fingerprint density at radius 2 is 1.81 bits per heavy atom. The molecule has 0 saturated heterocycles. The molecule has 8 heteroatoms. The van der Waals surface area contributed by atoms with Gasteiger partial charge >= 0.3 is 6.18 Å². The molecule has 4 nitrogen and oxygen atoms in total. The molecular weight excluding hydrogens is 429 g/mol. The van der Waals surface area contributed by atoms with E-state index in [1.54, 1.807) is 36.7 Å². The number of hydrogen-bond acceptors (Lipinski definition) is 2. The summed E-state index contributed by atoms with van der Waals surface area (Å²) in [5, 5.41) is 4.13. The zero-order chi connectivity index (χ0) is 22.4. The molecule has 0 aromatic heterocycles. The SMILES string of the molecule is COc1cccc(C[NH2+][C@@H](C(=O)Nc2ccc(Cl)cc2C(F)(F)F)c2ccccc2)c1. The summed E-state index contributed by atoms with van der Waals surface area (Å²) in [6.45, 7) is 0.428. The molecule has 0 radical (unpaired) electrons. The summed E-state index contributed by atoms with van der Waals surface area (Å²) in [6, 6.07) is 18.8. The van der Waals surface area contributed by atoms with Gasteiger partial charge in [-0.05, 0) is 30.3 Å². The monoisotopic (exact) mass is 449 g/mol. The van der Waals surface area contributed by atoms with Crippen LogP contribution in [0.1, 0.15) is 22.7 Å². The van der Waals surface area contributed by atoms with E-state index in [1.165, 1.54) is 6.07 Å². The smallest absolute Gasteiger partial charge is 0.418 e. The Kier molecular flexibility index (Phi) is 7.20. The van der Waals surface area contributed by atoms with Gasteiger partial charge in [0.1, 0.15) is 12.3 Å². The first-order chi connectivity index (χ1) is 14.8. The number of nitrogens with two attached hydrogens (primary N) is 1. The molecule has 3 aromatic rings. The number of alkyl halides is 3. The maximum atomic E-state index is 13.4. The first-order valence-electron chi connectivity index (χ1n) is 9.46. The number of ether oxygens (including phenoxy) is 1. The van der Waals surface area contributed by atoms with E-state index in [0.717, 1.165) is 17.7 Å². The van der Waals surface area contributed by atoms with Crippen LogP contribution < -0.4 is 15.4 Å². The Labute approximate surface area is 183 Å². The largest absolute Gasteiger partial charge is 0.497 e.